The summed E-state index contributed by atoms with van der Waals surface area (Å²) in [4.78, 5) is 0. The van der Waals surface area contributed by atoms with Gasteiger partial charge in [-0.25, -0.2) is 0 Å². The van der Waals surface area contributed by atoms with Gasteiger partial charge in [-0.1, -0.05) is 87.1 Å². The zero-order valence-corrected chi connectivity index (χ0v) is 15.1. The third-order valence-corrected chi connectivity index (χ3v) is 2.62. The number of hydrogen-bond donors (Lipinski definition) is 0. The van der Waals surface area contributed by atoms with Crippen molar-refractivity contribution in [3.63, 3.8) is 0 Å². The van der Waals surface area contributed by atoms with Gasteiger partial charge in [0, 0.05) is 5.57 Å². The number of nitrogens with zero attached hydrogens (tertiary/aromatic N) is 1. The maximum absolute atomic E-state index is 8.21. The monoisotopic (exact) mass is 269 g/mol. The fourth-order valence-corrected chi connectivity index (χ4v) is 1.10. The topological polar surface area (TPSA) is 23.8 Å². The van der Waals surface area contributed by atoms with Gasteiger partial charge in [-0.15, -0.1) is 0 Å². The van der Waals surface area contributed by atoms with Crippen LogP contribution in [0.25, 0.3) is 0 Å². The lowest BCUT2D eigenvalue weighted by Gasteiger charge is -2.04. The standard InChI is InChI=1S/C8H18.C6H9N.2C2H6/c1-4-6-7-8(3)5-2;1-3-6(4-2)5-7;2*1-2/h8H,4-7H2,1-3H3;3H,4H2,1-2H3;2*1-2H3/b;6-3-;;. The summed E-state index contributed by atoms with van der Waals surface area (Å²) >= 11 is 0. The van der Waals surface area contributed by atoms with Gasteiger partial charge in [-0.05, 0) is 19.3 Å². The molecule has 0 heterocycles. The minimum atomic E-state index is 0.854. The molecule has 1 atom stereocenters. The van der Waals surface area contributed by atoms with Crippen LogP contribution in [0.15, 0.2) is 11.6 Å². The normalized spacial score (nSPS) is 10.4. The molecule has 0 saturated carbocycles. The van der Waals surface area contributed by atoms with E-state index >= 15 is 0 Å². The summed E-state index contributed by atoms with van der Waals surface area (Å²) in [5, 5.41) is 8.21. The largest absolute Gasteiger partial charge is 0.193 e. The first-order valence-corrected chi connectivity index (χ1v) is 8.21. The Morgan fingerprint density at radius 1 is 1.11 bits per heavy atom. The lowest BCUT2D eigenvalue weighted by atomic mass is 10.0. The molecule has 0 radical (unpaired) electrons. The van der Waals surface area contributed by atoms with Crippen molar-refractivity contribution in [2.45, 2.75) is 94.4 Å². The van der Waals surface area contributed by atoms with E-state index in [-0.39, 0.29) is 0 Å². The molecule has 19 heavy (non-hydrogen) atoms. The van der Waals surface area contributed by atoms with E-state index in [2.05, 4.69) is 26.8 Å². The van der Waals surface area contributed by atoms with Crippen LogP contribution in [0.5, 0.6) is 0 Å². The number of nitriles is 1. The second kappa shape index (κ2) is 30.3. The maximum Gasteiger partial charge on any atom is 0.0943 e. The van der Waals surface area contributed by atoms with Gasteiger partial charge in [-0.2, -0.15) is 5.26 Å². The highest BCUT2D eigenvalue weighted by Crippen LogP contribution is 2.09. The van der Waals surface area contributed by atoms with Crippen molar-refractivity contribution in [2.75, 3.05) is 0 Å². The van der Waals surface area contributed by atoms with Crippen molar-refractivity contribution in [1.29, 1.82) is 5.26 Å². The minimum absolute atomic E-state index is 0.854. The Hall–Kier alpha value is -0.770. The second-order valence-corrected chi connectivity index (χ2v) is 3.93. The fourth-order valence-electron chi connectivity index (χ4n) is 1.10. The molecule has 1 heteroatoms. The summed E-state index contributed by atoms with van der Waals surface area (Å²) in [6.07, 6.45) is 8.22. The molecule has 0 bridgehead atoms. The zero-order valence-electron chi connectivity index (χ0n) is 15.1. The van der Waals surface area contributed by atoms with Gasteiger partial charge in [0.15, 0.2) is 0 Å². The molecular formula is C18H39N. The molecule has 0 aliphatic heterocycles. The van der Waals surface area contributed by atoms with Crippen molar-refractivity contribution in [1.82, 2.24) is 0 Å². The van der Waals surface area contributed by atoms with Crippen LogP contribution in [0.4, 0.5) is 0 Å². The minimum Gasteiger partial charge on any atom is -0.193 e. The Kier molecular flexibility index (Phi) is 42.7. The van der Waals surface area contributed by atoms with Gasteiger partial charge in [0.05, 0.1) is 6.07 Å². The number of unbranched alkanes of at least 4 members (excludes halogenated alkanes) is 1. The molecule has 0 aromatic rings. The van der Waals surface area contributed by atoms with Crippen molar-refractivity contribution < 1.29 is 0 Å². The Labute approximate surface area is 124 Å². The molecule has 0 fully saturated rings. The van der Waals surface area contributed by atoms with Gasteiger partial charge >= 0.3 is 0 Å². The second-order valence-electron chi connectivity index (χ2n) is 3.93. The predicted molar refractivity (Wildman–Crippen MR) is 91.3 cm³/mol. The molecule has 0 aliphatic rings. The van der Waals surface area contributed by atoms with E-state index in [4.69, 9.17) is 5.26 Å². The van der Waals surface area contributed by atoms with Crippen LogP contribution in [-0.2, 0) is 0 Å². The molecule has 116 valence electrons. The van der Waals surface area contributed by atoms with Gasteiger partial charge < -0.3 is 0 Å². The first-order valence-electron chi connectivity index (χ1n) is 8.21. The third kappa shape index (κ3) is 31.7. The molecule has 0 spiro atoms. The highest BCUT2D eigenvalue weighted by atomic mass is 14.2. The maximum atomic E-state index is 8.21. The van der Waals surface area contributed by atoms with E-state index < -0.39 is 0 Å². The molecule has 0 N–H and O–H groups in total. The number of allylic oxidation sites excluding steroid dienone is 2. The van der Waals surface area contributed by atoms with Crippen LogP contribution >= 0.6 is 0 Å². The summed E-state index contributed by atoms with van der Waals surface area (Å²) in [6, 6.07) is 2.06. The van der Waals surface area contributed by atoms with Crippen molar-refractivity contribution in [3.05, 3.63) is 11.6 Å². The van der Waals surface area contributed by atoms with Crippen LogP contribution in [0, 0.1) is 17.2 Å². The molecule has 1 nitrogen and oxygen atoms in total. The lowest BCUT2D eigenvalue weighted by molar-refractivity contribution is 0.492. The van der Waals surface area contributed by atoms with Crippen LogP contribution < -0.4 is 0 Å². The number of rotatable bonds is 5. The summed E-state index contributed by atoms with van der Waals surface area (Å²) in [7, 11) is 0. The molecule has 0 aromatic heterocycles. The van der Waals surface area contributed by atoms with Gasteiger partial charge in [0.25, 0.3) is 0 Å². The Morgan fingerprint density at radius 3 is 1.74 bits per heavy atom. The Balaban J connectivity index is -0.0000000941. The average molecular weight is 270 g/mol. The lowest BCUT2D eigenvalue weighted by Crippen LogP contribution is -1.89. The van der Waals surface area contributed by atoms with Crippen LogP contribution in [0.3, 0.4) is 0 Å². The summed E-state index contributed by atoms with van der Waals surface area (Å²) in [6.45, 7) is 18.7. The first kappa shape index (κ1) is 26.7. The van der Waals surface area contributed by atoms with Gasteiger partial charge in [0.1, 0.15) is 0 Å². The zero-order chi connectivity index (χ0) is 16.1. The fraction of sp³-hybridized carbons (Fsp3) is 0.833. The van der Waals surface area contributed by atoms with Gasteiger partial charge in [0.2, 0.25) is 0 Å². The van der Waals surface area contributed by atoms with Crippen molar-refractivity contribution in [3.8, 4) is 6.07 Å². The quantitative estimate of drug-likeness (QED) is 0.486. The van der Waals surface area contributed by atoms with E-state index in [1.807, 2.05) is 47.6 Å². The Morgan fingerprint density at radius 2 is 1.58 bits per heavy atom. The Bertz CT molecular complexity index is 186. The van der Waals surface area contributed by atoms with E-state index in [9.17, 15) is 0 Å². The highest BCUT2D eigenvalue weighted by molar-refractivity contribution is 5.18. The predicted octanol–water partition coefficient (Wildman–Crippen LogP) is 7.14. The van der Waals surface area contributed by atoms with Crippen LogP contribution in [-0.4, -0.2) is 0 Å². The smallest absolute Gasteiger partial charge is 0.0943 e. The molecular weight excluding hydrogens is 230 g/mol. The van der Waals surface area contributed by atoms with Crippen molar-refractivity contribution in [2.24, 2.45) is 5.92 Å². The molecule has 1 unspecified atom stereocenters. The molecule has 0 amide bonds. The average Bonchev–Trinajstić information content (AvgIpc) is 2.51. The highest BCUT2D eigenvalue weighted by Gasteiger charge is 1.94. The number of hydrogen-bond acceptors (Lipinski definition) is 1. The van der Waals surface area contributed by atoms with E-state index in [1.165, 1.54) is 25.7 Å². The summed E-state index contributed by atoms with van der Waals surface area (Å²) < 4.78 is 0. The van der Waals surface area contributed by atoms with Gasteiger partial charge in [-0.3, -0.25) is 0 Å². The molecule has 0 aromatic carbocycles. The molecule has 0 aliphatic carbocycles. The summed E-state index contributed by atoms with van der Waals surface area (Å²) in [5.74, 6) is 0.954. The van der Waals surface area contributed by atoms with Crippen LogP contribution in [0.1, 0.15) is 94.4 Å². The third-order valence-electron chi connectivity index (χ3n) is 2.62. The summed E-state index contributed by atoms with van der Waals surface area (Å²) in [5.41, 5.74) is 0.861. The first-order chi connectivity index (χ1) is 9.15. The van der Waals surface area contributed by atoms with Crippen molar-refractivity contribution >= 4 is 0 Å². The molecule has 0 saturated heterocycles. The molecule has 0 rings (SSSR count). The van der Waals surface area contributed by atoms with Crippen LogP contribution in [0.2, 0.25) is 0 Å². The van der Waals surface area contributed by atoms with E-state index in [0.717, 1.165) is 17.9 Å². The van der Waals surface area contributed by atoms with E-state index in [1.54, 1.807) is 0 Å². The van der Waals surface area contributed by atoms with E-state index in [0.29, 0.717) is 0 Å². The SMILES string of the molecule is C/C=C(\C#N)CC.CC.CC.CCCCC(C)CC.